The molecule has 4 aliphatic rings. The lowest BCUT2D eigenvalue weighted by molar-refractivity contribution is -0.151. The van der Waals surface area contributed by atoms with E-state index in [0.29, 0.717) is 75.5 Å². The van der Waals surface area contributed by atoms with Crippen LogP contribution in [0.5, 0.6) is 11.6 Å². The van der Waals surface area contributed by atoms with Gasteiger partial charge < -0.3 is 30.2 Å². The van der Waals surface area contributed by atoms with E-state index >= 15 is 0 Å². The molecule has 4 N–H and O–H groups in total. The zero-order valence-electron chi connectivity index (χ0n) is 36.0. The van der Waals surface area contributed by atoms with Gasteiger partial charge in [0.15, 0.2) is 5.60 Å². The molecule has 2 saturated carbocycles. The number of fused-ring (bicyclic) bond motifs is 3. The molecule has 7 atom stereocenters. The van der Waals surface area contributed by atoms with Gasteiger partial charge in [0.2, 0.25) is 33.6 Å². The van der Waals surface area contributed by atoms with Crippen LogP contribution >= 0.6 is 0 Å². The monoisotopic (exact) mass is 873 g/mol. The molecule has 3 fully saturated rings. The number of halogens is 2. The number of hydrogen-bond donors (Lipinski definition) is 3. The maximum absolute atomic E-state index is 14.6. The minimum absolute atomic E-state index is 0.00484. The van der Waals surface area contributed by atoms with Gasteiger partial charge in [-0.3, -0.25) is 19.1 Å². The Morgan fingerprint density at radius 2 is 1.80 bits per heavy atom. The highest BCUT2D eigenvalue weighted by molar-refractivity contribution is 7.91. The second-order valence-corrected chi connectivity index (χ2v) is 20.6. The highest BCUT2D eigenvalue weighted by Crippen LogP contribution is 2.43. The Bertz CT molecular complexity index is 2120. The Hall–Kier alpha value is -4.54. The summed E-state index contributed by atoms with van der Waals surface area (Å²) in [6.07, 6.45) is 8.63. The third kappa shape index (κ3) is 10.4. The van der Waals surface area contributed by atoms with Crippen molar-refractivity contribution in [2.45, 2.75) is 147 Å². The van der Waals surface area contributed by atoms with Gasteiger partial charge in [-0.05, 0) is 102 Å². The van der Waals surface area contributed by atoms with Gasteiger partial charge in [0.25, 0.3) is 5.92 Å². The van der Waals surface area contributed by atoms with Crippen LogP contribution in [0, 0.1) is 23.7 Å². The molecule has 1 saturated heterocycles. The average Bonchev–Trinajstić information content (AvgIpc) is 3.57. The molecule has 2 aliphatic heterocycles. The lowest BCUT2D eigenvalue weighted by Gasteiger charge is -2.34. The number of ether oxygens (including phenoxy) is 3. The SMILES string of the molecule is C[C@@H](CC/C=C\[C@@H]1CCCC1C(=O)NS(=O)(=O)C1(C)CC1)C[C@@H](C)[C@H](NC(=O)OC(C)(C)C(C)(F)F)C(=O)N1C[C@H](Oc2nc3c(c4ccccc24)OCCC3)C[C@H]1C(N)=O. The summed E-state index contributed by atoms with van der Waals surface area (Å²) in [4.78, 5) is 59.8. The minimum atomic E-state index is -3.72. The van der Waals surface area contributed by atoms with Gasteiger partial charge in [-0.15, -0.1) is 0 Å². The first kappa shape index (κ1) is 46.0. The van der Waals surface area contributed by atoms with Gasteiger partial charge in [-0.1, -0.05) is 50.6 Å². The van der Waals surface area contributed by atoms with E-state index in [9.17, 15) is 36.4 Å². The number of carbonyl (C=O) groups is 4. The largest absolute Gasteiger partial charge is 0.491 e. The molecule has 0 radical (unpaired) electrons. The standard InChI is InChI=1S/C44H61F2N5O9S/c1-26(13-7-8-14-28-15-11-18-30(28)38(53)50-61(56,57)43(5)20-21-43)23-27(2)35(49-41(55)60-42(3,4)44(6,45)46)40(54)51-25-29(24-34(51)37(47)52)59-39-32-17-10-9-16-31(32)36-33(48-39)19-12-22-58-36/h8-10,14,16-17,26-30,34-35H,7,11-13,15,18-25H2,1-6H3,(H2,47,52)(H,49,55)(H,50,53)/b14-8-/t26-,27+,28+,29+,30?,34-,35-/m0/s1. The number of aromatic nitrogens is 1. The topological polar surface area (TPSA) is 196 Å². The fourth-order valence-electron chi connectivity index (χ4n) is 8.61. The molecule has 6 rings (SSSR count). The highest BCUT2D eigenvalue weighted by atomic mass is 32.2. The molecular weight excluding hydrogens is 813 g/mol. The summed E-state index contributed by atoms with van der Waals surface area (Å²) in [6.45, 7) is 8.72. The summed E-state index contributed by atoms with van der Waals surface area (Å²) in [5, 5.41) is 4.10. The van der Waals surface area contributed by atoms with E-state index in [1.165, 1.54) is 4.90 Å². The number of alkyl halides is 2. The van der Waals surface area contributed by atoms with E-state index in [4.69, 9.17) is 24.9 Å². The Labute approximate surface area is 357 Å². The number of hydrogen-bond acceptors (Lipinski definition) is 10. The van der Waals surface area contributed by atoms with Crippen LogP contribution in [0.2, 0.25) is 0 Å². The second-order valence-electron chi connectivity index (χ2n) is 18.4. The van der Waals surface area contributed by atoms with Crippen molar-refractivity contribution in [2.75, 3.05) is 13.2 Å². The molecule has 61 heavy (non-hydrogen) atoms. The number of nitrogens with zero attached hydrogens (tertiary/aromatic N) is 2. The highest BCUT2D eigenvalue weighted by Gasteiger charge is 2.52. The first-order valence-electron chi connectivity index (χ1n) is 21.5. The average molecular weight is 874 g/mol. The van der Waals surface area contributed by atoms with Crippen LogP contribution in [0.15, 0.2) is 36.4 Å². The zero-order valence-corrected chi connectivity index (χ0v) is 36.8. The quantitative estimate of drug-likeness (QED) is 0.151. The number of carbonyl (C=O) groups excluding carboxylic acids is 4. The minimum Gasteiger partial charge on any atom is -0.491 e. The third-order valence-electron chi connectivity index (χ3n) is 13.1. The molecular formula is C44H61F2N5O9S. The predicted molar refractivity (Wildman–Crippen MR) is 224 cm³/mol. The van der Waals surface area contributed by atoms with Crippen LogP contribution in [-0.2, 0) is 35.6 Å². The summed E-state index contributed by atoms with van der Waals surface area (Å²) in [5.41, 5.74) is 4.42. The van der Waals surface area contributed by atoms with Gasteiger partial charge in [0.05, 0.1) is 23.6 Å². The number of rotatable bonds is 17. The Kier molecular flexibility index (Phi) is 13.6. The molecule has 336 valence electrons. The van der Waals surface area contributed by atoms with Crippen molar-refractivity contribution in [1.82, 2.24) is 19.9 Å². The van der Waals surface area contributed by atoms with Crippen LogP contribution in [0.4, 0.5) is 13.6 Å². The summed E-state index contributed by atoms with van der Waals surface area (Å²) in [6, 6.07) is 5.16. The van der Waals surface area contributed by atoms with Crippen LogP contribution in [0.3, 0.4) is 0 Å². The number of sulfonamides is 1. The molecule has 2 aliphatic carbocycles. The third-order valence-corrected chi connectivity index (χ3v) is 15.3. The number of nitrogens with one attached hydrogen (secondary N) is 2. The fraction of sp³-hybridized carbons (Fsp3) is 0.659. The van der Waals surface area contributed by atoms with E-state index in [0.717, 1.165) is 44.2 Å². The molecule has 0 spiro atoms. The molecule has 14 nitrogen and oxygen atoms in total. The molecule has 2 aromatic rings. The number of alkyl carbamates (subject to hydrolysis) is 1. The molecule has 1 aromatic carbocycles. The first-order chi connectivity index (χ1) is 28.6. The van der Waals surface area contributed by atoms with E-state index < -0.39 is 80.1 Å². The van der Waals surface area contributed by atoms with Crippen molar-refractivity contribution in [3.63, 3.8) is 0 Å². The number of likely N-dealkylation sites (tertiary alicyclic amines) is 1. The summed E-state index contributed by atoms with van der Waals surface area (Å²) < 4.78 is 73.2. The van der Waals surface area contributed by atoms with E-state index in [-0.39, 0.29) is 24.8 Å². The number of pyridine rings is 1. The number of primary amides is 1. The van der Waals surface area contributed by atoms with E-state index in [1.807, 2.05) is 43.3 Å². The lowest BCUT2D eigenvalue weighted by atomic mass is 9.87. The molecule has 17 heteroatoms. The number of benzene rings is 1. The number of aryl methyl sites for hydroxylation is 1. The van der Waals surface area contributed by atoms with Gasteiger partial charge in [0.1, 0.15) is 23.9 Å². The van der Waals surface area contributed by atoms with E-state index in [1.54, 1.807) is 13.8 Å². The number of nitrogens with two attached hydrogens (primary N) is 1. The van der Waals surface area contributed by atoms with Crippen LogP contribution in [0.25, 0.3) is 10.8 Å². The maximum Gasteiger partial charge on any atom is 0.408 e. The fourth-order valence-corrected chi connectivity index (χ4v) is 9.91. The summed E-state index contributed by atoms with van der Waals surface area (Å²) >= 11 is 0. The van der Waals surface area contributed by atoms with Gasteiger partial charge in [0, 0.05) is 30.0 Å². The Balaban J connectivity index is 1.13. The number of allylic oxidation sites excluding steroid dienone is 2. The summed E-state index contributed by atoms with van der Waals surface area (Å²) in [5.74, 6) is -5.27. The molecule has 3 heterocycles. The maximum atomic E-state index is 14.6. The van der Waals surface area contributed by atoms with Gasteiger partial charge >= 0.3 is 6.09 Å². The van der Waals surface area contributed by atoms with Crippen molar-refractivity contribution in [1.29, 1.82) is 0 Å². The van der Waals surface area contributed by atoms with Crippen molar-refractivity contribution in [2.24, 2.45) is 29.4 Å². The van der Waals surface area contributed by atoms with Crippen molar-refractivity contribution in [3.05, 3.63) is 42.1 Å². The summed E-state index contributed by atoms with van der Waals surface area (Å²) in [7, 11) is -3.72. The lowest BCUT2D eigenvalue weighted by Crippen LogP contribution is -2.56. The number of amides is 4. The second kappa shape index (κ2) is 18.1. The first-order valence-corrected chi connectivity index (χ1v) is 23.0. The molecule has 1 unspecified atom stereocenters. The van der Waals surface area contributed by atoms with Crippen LogP contribution < -0.4 is 25.2 Å². The van der Waals surface area contributed by atoms with Gasteiger partial charge in [-0.25, -0.2) is 27.0 Å². The van der Waals surface area contributed by atoms with Crippen LogP contribution in [-0.4, -0.2) is 89.7 Å². The molecule has 1 aromatic heterocycles. The Morgan fingerprint density at radius 3 is 2.48 bits per heavy atom. The van der Waals surface area contributed by atoms with Crippen molar-refractivity contribution < 1.29 is 50.6 Å². The normalized spacial score (nSPS) is 24.0. The van der Waals surface area contributed by atoms with E-state index in [2.05, 4.69) is 10.0 Å². The predicted octanol–water partition coefficient (Wildman–Crippen LogP) is 6.34. The zero-order chi connectivity index (χ0) is 44.5. The molecule has 0 bridgehead atoms. The smallest absolute Gasteiger partial charge is 0.408 e. The van der Waals surface area contributed by atoms with Crippen molar-refractivity contribution >= 4 is 44.6 Å². The van der Waals surface area contributed by atoms with Gasteiger partial charge in [-0.2, -0.15) is 0 Å². The van der Waals surface area contributed by atoms with Crippen LogP contribution in [0.1, 0.15) is 111 Å². The van der Waals surface area contributed by atoms with Crippen molar-refractivity contribution in [3.8, 4) is 11.6 Å². The molecule has 4 amide bonds. The Morgan fingerprint density at radius 1 is 1.10 bits per heavy atom.